The van der Waals surface area contributed by atoms with Gasteiger partial charge in [0.2, 0.25) is 0 Å². The molecule has 0 amide bonds. The number of aryl methyl sites for hydroxylation is 1. The number of hydrogen-bond acceptors (Lipinski definition) is 3. The topological polar surface area (TPSA) is 36.3 Å². The van der Waals surface area contributed by atoms with Crippen LogP contribution in [0.5, 0.6) is 0 Å². The van der Waals surface area contributed by atoms with Gasteiger partial charge < -0.3 is 9.47 Å². The molecule has 1 fully saturated rings. The maximum atomic E-state index is 12.6. The fraction of sp³-hybridized carbons (Fsp3) is 0.667. The largest absolute Gasteiger partial charge is 0.346 e. The highest BCUT2D eigenvalue weighted by Gasteiger charge is 2.28. The summed E-state index contributed by atoms with van der Waals surface area (Å²) >= 11 is 0. The zero-order chi connectivity index (χ0) is 10.8. The van der Waals surface area contributed by atoms with Gasteiger partial charge in [-0.2, -0.15) is 5.10 Å². The van der Waals surface area contributed by atoms with E-state index in [-0.39, 0.29) is 5.69 Å². The van der Waals surface area contributed by atoms with Crippen LogP contribution in [-0.2, 0) is 16.0 Å². The normalized spacial score (nSPS) is 17.9. The number of ether oxygens (including phenoxy) is 2. The molecule has 0 bridgehead atoms. The molecule has 2 heterocycles. The third-order valence-corrected chi connectivity index (χ3v) is 2.23. The number of aromatic nitrogens is 2. The van der Waals surface area contributed by atoms with Gasteiger partial charge in [0.25, 0.3) is 6.43 Å². The van der Waals surface area contributed by atoms with Crippen LogP contribution < -0.4 is 0 Å². The summed E-state index contributed by atoms with van der Waals surface area (Å²) in [5, 5.41) is 3.78. The van der Waals surface area contributed by atoms with Gasteiger partial charge in [0.1, 0.15) is 5.69 Å². The molecular formula is C9H12F2N2O2. The molecule has 0 spiro atoms. The van der Waals surface area contributed by atoms with E-state index >= 15 is 0 Å². The maximum Gasteiger partial charge on any atom is 0.282 e. The highest BCUT2D eigenvalue weighted by molar-refractivity contribution is 5.20. The van der Waals surface area contributed by atoms with Gasteiger partial charge in [-0.15, -0.1) is 0 Å². The molecule has 1 aliphatic heterocycles. The van der Waals surface area contributed by atoms with Crippen molar-refractivity contribution in [3.8, 4) is 0 Å². The number of hydrogen-bond donors (Lipinski definition) is 0. The summed E-state index contributed by atoms with van der Waals surface area (Å²) < 4.78 is 37.1. The van der Waals surface area contributed by atoms with Crippen LogP contribution in [0.25, 0.3) is 0 Å². The molecule has 0 radical (unpaired) electrons. The highest BCUT2D eigenvalue weighted by Crippen LogP contribution is 2.30. The summed E-state index contributed by atoms with van der Waals surface area (Å²) in [7, 11) is 0. The molecule has 15 heavy (non-hydrogen) atoms. The molecule has 84 valence electrons. The van der Waals surface area contributed by atoms with Crippen molar-refractivity contribution in [1.29, 1.82) is 0 Å². The van der Waals surface area contributed by atoms with Gasteiger partial charge in [0, 0.05) is 12.7 Å². The Hall–Kier alpha value is -1.01. The highest BCUT2D eigenvalue weighted by atomic mass is 19.3. The molecule has 1 saturated heterocycles. The molecule has 0 unspecified atom stereocenters. The van der Waals surface area contributed by atoms with E-state index in [2.05, 4.69) is 5.10 Å². The fourth-order valence-electron chi connectivity index (χ4n) is 1.50. The van der Waals surface area contributed by atoms with E-state index in [1.54, 1.807) is 6.20 Å². The van der Waals surface area contributed by atoms with E-state index < -0.39 is 12.7 Å². The molecular weight excluding hydrogens is 206 g/mol. The van der Waals surface area contributed by atoms with Crippen LogP contribution in [0.2, 0.25) is 0 Å². The summed E-state index contributed by atoms with van der Waals surface area (Å²) in [5.41, 5.74) is 0.0908. The molecule has 6 heteroatoms. The Bertz CT molecular complexity index is 335. The molecule has 0 aromatic carbocycles. The first-order chi connectivity index (χ1) is 7.22. The van der Waals surface area contributed by atoms with Crippen molar-refractivity contribution < 1.29 is 18.3 Å². The number of nitrogens with zero attached hydrogens (tertiary/aromatic N) is 2. The van der Waals surface area contributed by atoms with Crippen molar-refractivity contribution in [3.63, 3.8) is 0 Å². The molecule has 1 aromatic rings. The maximum absolute atomic E-state index is 12.6. The lowest BCUT2D eigenvalue weighted by molar-refractivity contribution is -0.0466. The van der Waals surface area contributed by atoms with Gasteiger partial charge in [-0.3, -0.25) is 4.68 Å². The van der Waals surface area contributed by atoms with E-state index in [0.29, 0.717) is 25.3 Å². The average Bonchev–Trinajstić information content (AvgIpc) is 2.86. The van der Waals surface area contributed by atoms with Crippen LogP contribution >= 0.6 is 0 Å². The molecule has 0 aliphatic carbocycles. The fourth-order valence-corrected chi connectivity index (χ4v) is 1.50. The van der Waals surface area contributed by atoms with Gasteiger partial charge in [-0.1, -0.05) is 0 Å². The van der Waals surface area contributed by atoms with Crippen molar-refractivity contribution >= 4 is 0 Å². The zero-order valence-electron chi connectivity index (χ0n) is 8.32. The van der Waals surface area contributed by atoms with Crippen molar-refractivity contribution in [2.24, 2.45) is 0 Å². The molecule has 1 aliphatic rings. The summed E-state index contributed by atoms with van der Waals surface area (Å²) in [4.78, 5) is 0. The van der Waals surface area contributed by atoms with E-state index in [1.807, 2.05) is 6.92 Å². The van der Waals surface area contributed by atoms with Crippen molar-refractivity contribution in [2.75, 3.05) is 13.2 Å². The predicted molar refractivity (Wildman–Crippen MR) is 47.5 cm³/mol. The average molecular weight is 218 g/mol. The molecule has 2 rings (SSSR count). The smallest absolute Gasteiger partial charge is 0.282 e. The SMILES string of the molecule is CCn1cc(C2OCCO2)c(C(F)F)n1. The van der Waals surface area contributed by atoms with Gasteiger partial charge in [0.05, 0.1) is 18.8 Å². The Morgan fingerprint density at radius 2 is 2.20 bits per heavy atom. The minimum atomic E-state index is -2.60. The van der Waals surface area contributed by atoms with Crippen LogP contribution in [0.4, 0.5) is 8.78 Å². The molecule has 4 nitrogen and oxygen atoms in total. The van der Waals surface area contributed by atoms with Crippen molar-refractivity contribution in [2.45, 2.75) is 26.2 Å². The third-order valence-electron chi connectivity index (χ3n) is 2.23. The lowest BCUT2D eigenvalue weighted by Gasteiger charge is -2.07. The summed E-state index contributed by atoms with van der Waals surface area (Å²) in [5.74, 6) is 0. The second-order valence-electron chi connectivity index (χ2n) is 3.20. The van der Waals surface area contributed by atoms with E-state index in [4.69, 9.17) is 9.47 Å². The van der Waals surface area contributed by atoms with Crippen LogP contribution in [-0.4, -0.2) is 23.0 Å². The van der Waals surface area contributed by atoms with Crippen LogP contribution in [0.3, 0.4) is 0 Å². The molecule has 0 saturated carbocycles. The Morgan fingerprint density at radius 1 is 1.53 bits per heavy atom. The first kappa shape index (κ1) is 10.5. The van der Waals surface area contributed by atoms with Crippen LogP contribution in [0, 0.1) is 0 Å². The lowest BCUT2D eigenvalue weighted by Crippen LogP contribution is -2.01. The van der Waals surface area contributed by atoms with Crippen molar-refractivity contribution in [1.82, 2.24) is 9.78 Å². The Morgan fingerprint density at radius 3 is 2.73 bits per heavy atom. The standard InChI is InChI=1S/C9H12F2N2O2/c1-2-13-5-6(7(12-13)8(10)11)9-14-3-4-15-9/h5,8-9H,2-4H2,1H3. The van der Waals surface area contributed by atoms with Crippen LogP contribution in [0.15, 0.2) is 6.20 Å². The van der Waals surface area contributed by atoms with Crippen molar-refractivity contribution in [3.05, 3.63) is 17.5 Å². The second-order valence-corrected chi connectivity index (χ2v) is 3.20. The minimum Gasteiger partial charge on any atom is -0.346 e. The number of halogens is 2. The molecule has 1 aromatic heterocycles. The second kappa shape index (κ2) is 4.24. The van der Waals surface area contributed by atoms with E-state index in [0.717, 1.165) is 0 Å². The number of rotatable bonds is 3. The first-order valence-corrected chi connectivity index (χ1v) is 4.81. The third kappa shape index (κ3) is 2.00. The predicted octanol–water partition coefficient (Wildman–Crippen LogP) is 1.89. The number of alkyl halides is 2. The summed E-state index contributed by atoms with van der Waals surface area (Å²) in [6.45, 7) is 3.25. The quantitative estimate of drug-likeness (QED) is 0.777. The molecule has 0 atom stereocenters. The van der Waals surface area contributed by atoms with E-state index in [9.17, 15) is 8.78 Å². The Labute approximate surface area is 85.8 Å². The molecule has 0 N–H and O–H groups in total. The van der Waals surface area contributed by atoms with E-state index in [1.165, 1.54) is 4.68 Å². The Balaban J connectivity index is 2.30. The van der Waals surface area contributed by atoms with Gasteiger partial charge in [0.15, 0.2) is 6.29 Å². The first-order valence-electron chi connectivity index (χ1n) is 4.81. The lowest BCUT2D eigenvalue weighted by atomic mass is 10.2. The monoisotopic (exact) mass is 218 g/mol. The van der Waals surface area contributed by atoms with Gasteiger partial charge in [-0.05, 0) is 6.92 Å². The van der Waals surface area contributed by atoms with Gasteiger partial charge >= 0.3 is 0 Å². The zero-order valence-corrected chi connectivity index (χ0v) is 8.32. The minimum absolute atomic E-state index is 0.247. The van der Waals surface area contributed by atoms with Crippen LogP contribution in [0.1, 0.15) is 30.9 Å². The summed E-state index contributed by atoms with van der Waals surface area (Å²) in [6.07, 6.45) is -1.73. The van der Waals surface area contributed by atoms with Gasteiger partial charge in [-0.25, -0.2) is 8.78 Å². The Kier molecular flexibility index (Phi) is 2.97. The summed E-state index contributed by atoms with van der Waals surface area (Å²) in [6, 6.07) is 0.